The number of carboxylic acid groups (broad SMARTS) is 2. The fourth-order valence-corrected chi connectivity index (χ4v) is 4.92. The Morgan fingerprint density at radius 3 is 2.36 bits per heavy atom. The van der Waals surface area contributed by atoms with Gasteiger partial charge in [0.05, 0.1) is 12.0 Å². The molecule has 2 aromatic carbocycles. The monoisotopic (exact) mass is 522 g/mol. The van der Waals surface area contributed by atoms with Crippen molar-refractivity contribution in [2.45, 2.75) is 44.0 Å². The highest BCUT2D eigenvalue weighted by Crippen LogP contribution is 2.33. The van der Waals surface area contributed by atoms with E-state index in [-0.39, 0.29) is 6.04 Å². The average molecular weight is 523 g/mol. The molecule has 0 aromatic heterocycles. The van der Waals surface area contributed by atoms with Crippen LogP contribution in [0.1, 0.15) is 30.9 Å². The predicted octanol–water partition coefficient (Wildman–Crippen LogP) is 2.54. The normalized spacial score (nSPS) is 14.7. The highest BCUT2D eigenvalue weighted by atomic mass is 32.2. The number of methoxy groups -OCH3 is 1. The minimum atomic E-state index is -3.47. The Labute approximate surface area is 211 Å². The summed E-state index contributed by atoms with van der Waals surface area (Å²) in [5.74, 6) is -1.89. The molecule has 0 radical (unpaired) electrons. The number of carbonyl (C=O) groups is 2. The lowest BCUT2D eigenvalue weighted by atomic mass is 10.00. The molecule has 1 aliphatic heterocycles. The molecule has 3 rings (SSSR count). The van der Waals surface area contributed by atoms with Crippen LogP contribution in [0.3, 0.4) is 0 Å². The molecule has 36 heavy (non-hydrogen) atoms. The molecule has 1 heterocycles. The van der Waals surface area contributed by atoms with Crippen molar-refractivity contribution in [2.24, 2.45) is 0 Å². The third-order valence-corrected chi connectivity index (χ3v) is 7.11. The zero-order chi connectivity index (χ0) is 26.7. The van der Waals surface area contributed by atoms with Crippen molar-refractivity contribution in [3.63, 3.8) is 0 Å². The number of hydrogen-bond acceptors (Lipinski definition) is 7. The Hall–Kier alpha value is -3.15. The second-order valence-corrected chi connectivity index (χ2v) is 10.1. The maximum Gasteiger partial charge on any atom is 0.414 e. The maximum absolute atomic E-state index is 12.5. The van der Waals surface area contributed by atoms with Gasteiger partial charge in [-0.15, -0.1) is 0 Å². The third-order valence-electron chi connectivity index (χ3n) is 5.64. The number of fused-ring (bicyclic) bond motifs is 1. The van der Waals surface area contributed by atoms with E-state index in [2.05, 4.69) is 16.5 Å². The van der Waals surface area contributed by atoms with E-state index in [1.165, 1.54) is 0 Å². The number of hydrogen-bond donors (Lipinski definition) is 3. The van der Waals surface area contributed by atoms with Crippen molar-refractivity contribution in [3.05, 3.63) is 53.6 Å². The zero-order valence-electron chi connectivity index (χ0n) is 20.8. The molecule has 0 bridgehead atoms. The number of aryl methyl sites for hydroxylation is 1. The van der Waals surface area contributed by atoms with Gasteiger partial charge in [0.15, 0.2) is 0 Å². The molecule has 1 aliphatic rings. The summed E-state index contributed by atoms with van der Waals surface area (Å²) in [7, 11) is -1.79. The molecule has 11 heteroatoms. The molecule has 10 nitrogen and oxygen atoms in total. The van der Waals surface area contributed by atoms with Crippen molar-refractivity contribution in [1.82, 2.24) is 9.62 Å². The summed E-state index contributed by atoms with van der Waals surface area (Å²) < 4.78 is 39.2. The molecule has 0 aliphatic carbocycles. The average Bonchev–Trinajstić information content (AvgIpc) is 2.85. The van der Waals surface area contributed by atoms with Gasteiger partial charge in [-0.1, -0.05) is 30.7 Å². The second-order valence-electron chi connectivity index (χ2n) is 8.32. The van der Waals surface area contributed by atoms with Crippen LogP contribution in [0.15, 0.2) is 47.4 Å². The van der Waals surface area contributed by atoms with E-state index in [0.717, 1.165) is 55.0 Å². The van der Waals surface area contributed by atoms with Gasteiger partial charge < -0.3 is 19.7 Å². The molecule has 0 spiro atoms. The Bertz CT molecular complexity index is 1090. The van der Waals surface area contributed by atoms with Crippen molar-refractivity contribution in [2.75, 3.05) is 33.4 Å². The zero-order valence-corrected chi connectivity index (χ0v) is 21.6. The van der Waals surface area contributed by atoms with Crippen LogP contribution >= 0.6 is 0 Å². The Morgan fingerprint density at radius 2 is 1.78 bits per heavy atom. The van der Waals surface area contributed by atoms with Gasteiger partial charge in [-0.3, -0.25) is 4.90 Å². The molecule has 1 atom stereocenters. The van der Waals surface area contributed by atoms with Crippen molar-refractivity contribution < 1.29 is 37.7 Å². The lowest BCUT2D eigenvalue weighted by molar-refractivity contribution is -0.159. The van der Waals surface area contributed by atoms with E-state index >= 15 is 0 Å². The Morgan fingerprint density at radius 1 is 1.11 bits per heavy atom. The van der Waals surface area contributed by atoms with Crippen LogP contribution in [0.2, 0.25) is 0 Å². The molecular weight excluding hydrogens is 488 g/mol. The number of aliphatic carboxylic acids is 2. The number of nitrogens with zero attached hydrogens (tertiary/aromatic N) is 1. The molecular formula is C25H34N2O8S. The van der Waals surface area contributed by atoms with Crippen LogP contribution in [0, 0.1) is 6.92 Å². The topological polar surface area (TPSA) is 142 Å². The van der Waals surface area contributed by atoms with E-state index in [0.29, 0.717) is 18.0 Å². The summed E-state index contributed by atoms with van der Waals surface area (Å²) in [6.45, 7) is 6.89. The van der Waals surface area contributed by atoms with Crippen LogP contribution in [0.4, 0.5) is 0 Å². The smallest absolute Gasteiger partial charge is 0.414 e. The summed E-state index contributed by atoms with van der Waals surface area (Å²) in [6, 6.07) is 13.1. The largest absolute Gasteiger partial charge is 0.496 e. The summed E-state index contributed by atoms with van der Waals surface area (Å²) in [6.07, 6.45) is 2.64. The number of ether oxygens (including phenoxy) is 2. The summed E-state index contributed by atoms with van der Waals surface area (Å²) in [4.78, 5) is 20.9. The SMILES string of the molecule is CCCN(CCCNS(=O)(=O)c1ccc(C)cc1)C1COc2cccc(OC)c2C1.O=C(O)C(=O)O. The molecule has 0 amide bonds. The minimum absolute atomic E-state index is 0.252. The van der Waals surface area contributed by atoms with Gasteiger partial charge in [0, 0.05) is 18.2 Å². The number of benzene rings is 2. The molecule has 0 fully saturated rings. The van der Waals surface area contributed by atoms with E-state index in [9.17, 15) is 8.42 Å². The van der Waals surface area contributed by atoms with Gasteiger partial charge >= 0.3 is 11.9 Å². The van der Waals surface area contributed by atoms with Gasteiger partial charge in [0.25, 0.3) is 0 Å². The minimum Gasteiger partial charge on any atom is -0.496 e. The molecule has 1 unspecified atom stereocenters. The van der Waals surface area contributed by atoms with Gasteiger partial charge in [-0.05, 0) is 63.5 Å². The Balaban J connectivity index is 0.000000678. The number of rotatable bonds is 10. The van der Waals surface area contributed by atoms with Crippen molar-refractivity contribution in [1.29, 1.82) is 0 Å². The number of sulfonamides is 1. The summed E-state index contributed by atoms with van der Waals surface area (Å²) in [5, 5.41) is 14.8. The van der Waals surface area contributed by atoms with E-state index in [4.69, 9.17) is 29.3 Å². The maximum atomic E-state index is 12.5. The van der Waals surface area contributed by atoms with E-state index in [1.807, 2.05) is 37.3 Å². The molecule has 0 saturated heterocycles. The first-order chi connectivity index (χ1) is 17.1. The van der Waals surface area contributed by atoms with Crippen LogP contribution in [0.5, 0.6) is 11.5 Å². The molecule has 2 aromatic rings. The van der Waals surface area contributed by atoms with Crippen LogP contribution in [-0.2, 0) is 26.0 Å². The third kappa shape index (κ3) is 8.51. The lowest BCUT2D eigenvalue weighted by Crippen LogP contribution is -2.44. The van der Waals surface area contributed by atoms with Crippen molar-refractivity contribution >= 4 is 22.0 Å². The van der Waals surface area contributed by atoms with Gasteiger partial charge in [-0.25, -0.2) is 22.7 Å². The first-order valence-corrected chi connectivity index (χ1v) is 13.1. The van der Waals surface area contributed by atoms with E-state index in [1.54, 1.807) is 19.2 Å². The highest BCUT2D eigenvalue weighted by molar-refractivity contribution is 7.89. The predicted molar refractivity (Wildman–Crippen MR) is 134 cm³/mol. The van der Waals surface area contributed by atoms with Gasteiger partial charge in [0.1, 0.15) is 18.1 Å². The lowest BCUT2D eigenvalue weighted by Gasteiger charge is -2.35. The fourth-order valence-electron chi connectivity index (χ4n) is 3.84. The first-order valence-electron chi connectivity index (χ1n) is 11.6. The quantitative estimate of drug-likeness (QED) is 0.317. The van der Waals surface area contributed by atoms with Crippen LogP contribution in [-0.4, -0.2) is 74.9 Å². The van der Waals surface area contributed by atoms with Crippen LogP contribution < -0.4 is 14.2 Å². The molecule has 0 saturated carbocycles. The standard InChI is InChI=1S/C23H32N2O4S.C2H2O4/c1-4-14-25(19-16-21-22(28-3)7-5-8-23(21)29-17-19)15-6-13-24-30(26,27)20-11-9-18(2)10-12-20;3-1(4)2(5)6/h5,7-12,19,24H,4,6,13-17H2,1-3H3;(H,3,4)(H,5,6). The molecule has 3 N–H and O–H groups in total. The van der Waals surface area contributed by atoms with Gasteiger partial charge in [0.2, 0.25) is 10.0 Å². The second kappa shape index (κ2) is 13.8. The summed E-state index contributed by atoms with van der Waals surface area (Å²) >= 11 is 0. The number of carboxylic acids is 2. The fraction of sp³-hybridized carbons (Fsp3) is 0.440. The van der Waals surface area contributed by atoms with Crippen LogP contribution in [0.25, 0.3) is 0 Å². The Kier molecular flexibility index (Phi) is 11.2. The molecule has 198 valence electrons. The highest BCUT2D eigenvalue weighted by Gasteiger charge is 2.27. The first kappa shape index (κ1) is 29.1. The number of nitrogens with one attached hydrogen (secondary N) is 1. The van der Waals surface area contributed by atoms with E-state index < -0.39 is 22.0 Å². The summed E-state index contributed by atoms with van der Waals surface area (Å²) in [5.41, 5.74) is 2.15. The van der Waals surface area contributed by atoms with Crippen molar-refractivity contribution in [3.8, 4) is 11.5 Å². The van der Waals surface area contributed by atoms with Gasteiger partial charge in [-0.2, -0.15) is 0 Å².